The van der Waals surface area contributed by atoms with Crippen LogP contribution in [0.4, 0.5) is 16.2 Å². The Labute approximate surface area is 162 Å². The number of nitrogens with zero attached hydrogens (tertiary/aromatic N) is 2. The van der Waals surface area contributed by atoms with Gasteiger partial charge < -0.3 is 20.9 Å². The summed E-state index contributed by atoms with van der Waals surface area (Å²) in [6.45, 7) is 7.04. The van der Waals surface area contributed by atoms with E-state index in [1.165, 1.54) is 0 Å². The van der Waals surface area contributed by atoms with E-state index in [0.29, 0.717) is 25.4 Å². The normalized spacial score (nSPS) is 19.7. The summed E-state index contributed by atoms with van der Waals surface area (Å²) in [7, 11) is 0. The molecule has 0 radical (unpaired) electrons. The molecule has 2 heterocycles. The zero-order chi connectivity index (χ0) is 19.4. The number of benzene rings is 1. The van der Waals surface area contributed by atoms with Crippen LogP contribution in [0.3, 0.4) is 0 Å². The van der Waals surface area contributed by atoms with Crippen molar-refractivity contribution in [1.82, 2.24) is 10.2 Å². The van der Waals surface area contributed by atoms with Gasteiger partial charge in [0.05, 0.1) is 0 Å². The second-order valence-electron chi connectivity index (χ2n) is 8.23. The molecule has 2 aliphatic rings. The minimum absolute atomic E-state index is 0.00283. The number of amides is 3. The first kappa shape index (κ1) is 19.5. The minimum atomic E-state index is -0.00283. The molecule has 1 atom stereocenters. The topological polar surface area (TPSA) is 78.7 Å². The van der Waals surface area contributed by atoms with Crippen LogP contribution in [0.5, 0.6) is 0 Å². The molecule has 148 valence electrons. The summed E-state index contributed by atoms with van der Waals surface area (Å²) in [6.07, 6.45) is 4.32. The Morgan fingerprint density at radius 3 is 2.85 bits per heavy atom. The SMILES string of the molecule is CC(C)CNC(=O)N1CCCC(CC(=O)N2CCCc3c(N)cccc32)C1. The zero-order valence-electron chi connectivity index (χ0n) is 16.5. The monoisotopic (exact) mass is 372 g/mol. The van der Waals surface area contributed by atoms with Gasteiger partial charge in [-0.05, 0) is 55.2 Å². The van der Waals surface area contributed by atoms with Crippen LogP contribution in [0, 0.1) is 11.8 Å². The van der Waals surface area contributed by atoms with Crippen LogP contribution in [0.25, 0.3) is 0 Å². The number of piperidine rings is 1. The molecule has 1 unspecified atom stereocenters. The Morgan fingerprint density at radius 2 is 2.07 bits per heavy atom. The average molecular weight is 373 g/mol. The molecule has 0 aromatic heterocycles. The zero-order valence-corrected chi connectivity index (χ0v) is 16.5. The Kier molecular flexibility index (Phi) is 6.24. The summed E-state index contributed by atoms with van der Waals surface area (Å²) in [5.74, 6) is 0.807. The van der Waals surface area contributed by atoms with Gasteiger partial charge in [-0.15, -0.1) is 0 Å². The molecule has 1 aromatic carbocycles. The molecule has 6 nitrogen and oxygen atoms in total. The third kappa shape index (κ3) is 4.73. The van der Waals surface area contributed by atoms with Crippen molar-refractivity contribution in [1.29, 1.82) is 0 Å². The number of nitrogens with two attached hydrogens (primary N) is 1. The molecule has 0 bridgehead atoms. The van der Waals surface area contributed by atoms with Crippen LogP contribution in [-0.2, 0) is 11.2 Å². The number of nitrogens with one attached hydrogen (secondary N) is 1. The quantitative estimate of drug-likeness (QED) is 0.798. The summed E-state index contributed by atoms with van der Waals surface area (Å²) in [4.78, 5) is 29.1. The standard InChI is InChI=1S/C21H32N4O2/c1-15(2)13-23-21(27)24-10-4-6-16(14-24)12-20(26)25-11-5-7-17-18(22)8-3-9-19(17)25/h3,8-9,15-16H,4-7,10-14,22H2,1-2H3,(H,23,27). The number of carbonyl (C=O) groups excluding carboxylic acids is 2. The molecule has 0 spiro atoms. The first-order valence-electron chi connectivity index (χ1n) is 10.2. The van der Waals surface area contributed by atoms with Crippen molar-refractivity contribution < 1.29 is 9.59 Å². The van der Waals surface area contributed by atoms with Crippen LogP contribution in [0.1, 0.15) is 45.1 Å². The second kappa shape index (κ2) is 8.63. The highest BCUT2D eigenvalue weighted by molar-refractivity contribution is 5.95. The van der Waals surface area contributed by atoms with Crippen molar-refractivity contribution in [2.45, 2.75) is 46.0 Å². The van der Waals surface area contributed by atoms with Crippen LogP contribution >= 0.6 is 0 Å². The van der Waals surface area contributed by atoms with Gasteiger partial charge in [-0.3, -0.25) is 4.79 Å². The van der Waals surface area contributed by atoms with Gasteiger partial charge in [-0.1, -0.05) is 19.9 Å². The summed E-state index contributed by atoms with van der Waals surface area (Å²) < 4.78 is 0. The van der Waals surface area contributed by atoms with E-state index < -0.39 is 0 Å². The maximum absolute atomic E-state index is 13.0. The maximum Gasteiger partial charge on any atom is 0.317 e. The highest BCUT2D eigenvalue weighted by Crippen LogP contribution is 2.32. The molecule has 0 saturated carbocycles. The summed E-state index contributed by atoms with van der Waals surface area (Å²) in [5, 5.41) is 2.99. The molecule has 1 fully saturated rings. The lowest BCUT2D eigenvalue weighted by Gasteiger charge is -2.35. The van der Waals surface area contributed by atoms with Crippen molar-refractivity contribution in [2.24, 2.45) is 11.8 Å². The van der Waals surface area contributed by atoms with Crippen LogP contribution < -0.4 is 16.0 Å². The Morgan fingerprint density at radius 1 is 1.26 bits per heavy atom. The van der Waals surface area contributed by atoms with Crippen LogP contribution in [0.15, 0.2) is 18.2 Å². The molecular formula is C21H32N4O2. The Hall–Kier alpha value is -2.24. The average Bonchev–Trinajstić information content (AvgIpc) is 2.66. The van der Waals surface area contributed by atoms with E-state index >= 15 is 0 Å². The van der Waals surface area contributed by atoms with Crippen molar-refractivity contribution >= 4 is 23.3 Å². The van der Waals surface area contributed by atoms with Gasteiger partial charge in [0.25, 0.3) is 0 Å². The number of hydrogen-bond donors (Lipinski definition) is 2. The van der Waals surface area contributed by atoms with Gasteiger partial charge >= 0.3 is 6.03 Å². The van der Waals surface area contributed by atoms with E-state index in [4.69, 9.17) is 5.73 Å². The van der Waals surface area contributed by atoms with E-state index in [2.05, 4.69) is 19.2 Å². The fraction of sp³-hybridized carbons (Fsp3) is 0.619. The van der Waals surface area contributed by atoms with Gasteiger partial charge in [-0.2, -0.15) is 0 Å². The number of hydrogen-bond acceptors (Lipinski definition) is 3. The predicted octanol–water partition coefficient (Wildman–Crippen LogP) is 3.02. The largest absolute Gasteiger partial charge is 0.398 e. The van der Waals surface area contributed by atoms with Crippen molar-refractivity contribution in [2.75, 3.05) is 36.8 Å². The van der Waals surface area contributed by atoms with Crippen LogP contribution in [0.2, 0.25) is 0 Å². The van der Waals surface area contributed by atoms with E-state index in [1.54, 1.807) is 0 Å². The number of fused-ring (bicyclic) bond motifs is 1. The molecule has 3 N–H and O–H groups in total. The highest BCUT2D eigenvalue weighted by Gasteiger charge is 2.29. The molecule has 6 heteroatoms. The lowest BCUT2D eigenvalue weighted by atomic mass is 9.93. The van der Waals surface area contributed by atoms with Crippen molar-refractivity contribution in [3.8, 4) is 0 Å². The summed E-state index contributed by atoms with van der Waals surface area (Å²) in [5.41, 5.74) is 8.93. The third-order valence-corrected chi connectivity index (χ3v) is 5.52. The Balaban J connectivity index is 1.60. The molecule has 3 amide bonds. The lowest BCUT2D eigenvalue weighted by Crippen LogP contribution is -2.47. The van der Waals surface area contributed by atoms with Gasteiger partial charge in [0.15, 0.2) is 0 Å². The van der Waals surface area contributed by atoms with Gasteiger partial charge in [0.2, 0.25) is 5.91 Å². The number of carbonyl (C=O) groups is 2. The number of likely N-dealkylation sites (tertiary alicyclic amines) is 1. The first-order chi connectivity index (χ1) is 13.0. The fourth-order valence-corrected chi connectivity index (χ4v) is 4.09. The second-order valence-corrected chi connectivity index (χ2v) is 8.23. The lowest BCUT2D eigenvalue weighted by molar-refractivity contribution is -0.119. The summed E-state index contributed by atoms with van der Waals surface area (Å²) >= 11 is 0. The molecule has 2 aliphatic heterocycles. The van der Waals surface area contributed by atoms with Gasteiger partial charge in [0, 0.05) is 44.0 Å². The van der Waals surface area contributed by atoms with E-state index in [-0.39, 0.29) is 17.9 Å². The molecule has 0 aliphatic carbocycles. The molecule has 1 saturated heterocycles. The number of urea groups is 1. The molecule has 3 rings (SSSR count). The maximum atomic E-state index is 13.0. The Bertz CT molecular complexity index is 689. The van der Waals surface area contributed by atoms with Crippen LogP contribution in [-0.4, -0.2) is 43.0 Å². The van der Waals surface area contributed by atoms with Gasteiger partial charge in [0.1, 0.15) is 0 Å². The van der Waals surface area contributed by atoms with E-state index in [9.17, 15) is 9.59 Å². The van der Waals surface area contributed by atoms with Crippen molar-refractivity contribution in [3.63, 3.8) is 0 Å². The van der Waals surface area contributed by atoms with E-state index in [1.807, 2.05) is 28.0 Å². The number of rotatable bonds is 4. The molecule has 27 heavy (non-hydrogen) atoms. The fourth-order valence-electron chi connectivity index (χ4n) is 4.09. The third-order valence-electron chi connectivity index (χ3n) is 5.52. The van der Waals surface area contributed by atoms with Crippen molar-refractivity contribution in [3.05, 3.63) is 23.8 Å². The summed E-state index contributed by atoms with van der Waals surface area (Å²) in [6, 6.07) is 5.81. The predicted molar refractivity (Wildman–Crippen MR) is 109 cm³/mol. The minimum Gasteiger partial charge on any atom is -0.398 e. The number of anilines is 2. The number of nitrogen functional groups attached to an aromatic ring is 1. The highest BCUT2D eigenvalue weighted by atomic mass is 16.2. The molecular weight excluding hydrogens is 340 g/mol. The first-order valence-corrected chi connectivity index (χ1v) is 10.2. The molecule has 1 aromatic rings. The van der Waals surface area contributed by atoms with Gasteiger partial charge in [-0.25, -0.2) is 4.79 Å². The smallest absolute Gasteiger partial charge is 0.317 e. The van der Waals surface area contributed by atoms with E-state index in [0.717, 1.165) is 55.7 Å².